The summed E-state index contributed by atoms with van der Waals surface area (Å²) in [5.74, 6) is -0.589. The number of carboxylic acids is 1. The maximum atomic E-state index is 13.4. The van der Waals surface area contributed by atoms with E-state index >= 15 is 0 Å². The number of carbonyl (C=O) groups is 2. The molecule has 0 heterocycles. The lowest BCUT2D eigenvalue weighted by molar-refractivity contribution is -0.147. The van der Waals surface area contributed by atoms with E-state index in [4.69, 9.17) is 4.74 Å². The monoisotopic (exact) mass is 468 g/mol. The summed E-state index contributed by atoms with van der Waals surface area (Å²) < 4.78 is 35.3. The molecule has 1 aliphatic carbocycles. The van der Waals surface area contributed by atoms with E-state index in [1.54, 1.807) is 32.0 Å². The molecule has 1 N–H and O–H groups in total. The zero-order valence-corrected chi connectivity index (χ0v) is 19.0. The molecule has 4 rings (SSSR count). The van der Waals surface area contributed by atoms with Crippen molar-refractivity contribution in [3.8, 4) is 11.5 Å². The number of rotatable bonds is 10. The highest BCUT2D eigenvalue weighted by atomic mass is 19.3. The molecular formula is C27H26F2O5. The van der Waals surface area contributed by atoms with Gasteiger partial charge in [-0.2, -0.15) is 8.78 Å². The van der Waals surface area contributed by atoms with Crippen molar-refractivity contribution in [2.75, 3.05) is 0 Å². The number of halogens is 2. The first-order valence-corrected chi connectivity index (χ1v) is 11.1. The van der Waals surface area contributed by atoms with Crippen molar-refractivity contribution < 1.29 is 33.0 Å². The third kappa shape index (κ3) is 5.19. The zero-order valence-electron chi connectivity index (χ0n) is 19.0. The minimum atomic E-state index is -2.89. The molecule has 5 nitrogen and oxygen atoms in total. The van der Waals surface area contributed by atoms with Crippen LogP contribution in [-0.2, 0) is 11.4 Å². The first kappa shape index (κ1) is 23.7. The number of fused-ring (bicyclic) bond motifs is 1. The number of ether oxygens (including phenoxy) is 2. The van der Waals surface area contributed by atoms with Crippen LogP contribution in [0.25, 0.3) is 10.8 Å². The molecule has 2 unspecified atom stereocenters. The lowest BCUT2D eigenvalue weighted by Crippen LogP contribution is -2.24. The molecule has 178 valence electrons. The van der Waals surface area contributed by atoms with Crippen LogP contribution in [0, 0.1) is 17.3 Å². The van der Waals surface area contributed by atoms with E-state index in [0.717, 1.165) is 16.3 Å². The molecule has 0 amide bonds. The minimum absolute atomic E-state index is 0.0281. The first-order chi connectivity index (χ1) is 16.2. The number of Topliss-reactive ketones (excluding diaryl/α,β-unsaturated/α-hetero) is 1. The minimum Gasteiger partial charge on any atom is -0.487 e. The Morgan fingerprint density at radius 1 is 1.06 bits per heavy atom. The average molecular weight is 468 g/mol. The number of benzene rings is 3. The van der Waals surface area contributed by atoms with E-state index in [2.05, 4.69) is 4.74 Å². The fraction of sp³-hybridized carbons (Fsp3) is 0.333. The highest BCUT2D eigenvalue weighted by Gasteiger charge is 2.47. The van der Waals surface area contributed by atoms with Crippen LogP contribution in [0.5, 0.6) is 11.5 Å². The predicted octanol–water partition coefficient (Wildman–Crippen LogP) is 6.34. The lowest BCUT2D eigenvalue weighted by Gasteiger charge is -2.19. The molecule has 0 saturated heterocycles. The van der Waals surface area contributed by atoms with Crippen molar-refractivity contribution in [2.45, 2.75) is 39.9 Å². The predicted molar refractivity (Wildman–Crippen MR) is 123 cm³/mol. The van der Waals surface area contributed by atoms with Gasteiger partial charge in [0.1, 0.15) is 18.1 Å². The summed E-state index contributed by atoms with van der Waals surface area (Å²) in [4.78, 5) is 24.9. The smallest absolute Gasteiger partial charge is 0.387 e. The molecule has 0 bridgehead atoms. The Balaban J connectivity index is 1.55. The highest BCUT2D eigenvalue weighted by Crippen LogP contribution is 2.49. The number of aliphatic carboxylic acids is 1. The summed E-state index contributed by atoms with van der Waals surface area (Å²) in [6.07, 6.45) is 1.10. The number of carbonyl (C=O) groups excluding carboxylic acids is 1. The Labute approximate surface area is 196 Å². The molecule has 3 aromatic rings. The van der Waals surface area contributed by atoms with Gasteiger partial charge in [-0.25, -0.2) is 0 Å². The third-order valence-electron chi connectivity index (χ3n) is 6.29. The number of hydrogen-bond donors (Lipinski definition) is 1. The molecule has 0 aromatic heterocycles. The maximum Gasteiger partial charge on any atom is 0.387 e. The normalized spacial score (nSPS) is 17.6. The van der Waals surface area contributed by atoms with E-state index in [0.29, 0.717) is 24.2 Å². The molecule has 1 saturated carbocycles. The van der Waals surface area contributed by atoms with Crippen LogP contribution in [0.3, 0.4) is 0 Å². The van der Waals surface area contributed by atoms with Crippen LogP contribution in [0.1, 0.15) is 42.6 Å². The van der Waals surface area contributed by atoms with Crippen LogP contribution < -0.4 is 9.47 Å². The summed E-state index contributed by atoms with van der Waals surface area (Å²) in [5, 5.41) is 11.1. The summed E-state index contributed by atoms with van der Waals surface area (Å²) in [6.45, 7) is 0.608. The van der Waals surface area contributed by atoms with Gasteiger partial charge in [-0.3, -0.25) is 9.59 Å². The largest absolute Gasteiger partial charge is 0.487 e. The third-order valence-corrected chi connectivity index (χ3v) is 6.29. The summed E-state index contributed by atoms with van der Waals surface area (Å²) in [7, 11) is 0. The van der Waals surface area contributed by atoms with Gasteiger partial charge in [-0.1, -0.05) is 42.5 Å². The van der Waals surface area contributed by atoms with Crippen LogP contribution in [0.2, 0.25) is 0 Å². The fourth-order valence-electron chi connectivity index (χ4n) is 4.25. The average Bonchev–Trinajstić information content (AvgIpc) is 3.55. The van der Waals surface area contributed by atoms with E-state index < -0.39 is 18.0 Å². The second-order valence-electron chi connectivity index (χ2n) is 9.33. The van der Waals surface area contributed by atoms with Crippen LogP contribution in [0.4, 0.5) is 8.78 Å². The zero-order chi connectivity index (χ0) is 24.5. The van der Waals surface area contributed by atoms with Gasteiger partial charge in [-0.15, -0.1) is 0 Å². The number of carboxylic acid groups (broad SMARTS) is 1. The van der Waals surface area contributed by atoms with Gasteiger partial charge >= 0.3 is 12.6 Å². The Kier molecular flexibility index (Phi) is 6.55. The van der Waals surface area contributed by atoms with Gasteiger partial charge in [0.2, 0.25) is 0 Å². The Hall–Kier alpha value is -3.48. The molecule has 7 heteroatoms. The molecule has 0 radical (unpaired) electrons. The summed E-state index contributed by atoms with van der Waals surface area (Å²) in [6, 6.07) is 17.4. The van der Waals surface area contributed by atoms with E-state index in [1.807, 2.05) is 30.3 Å². The van der Waals surface area contributed by atoms with Crippen molar-refractivity contribution in [1.82, 2.24) is 0 Å². The Morgan fingerprint density at radius 2 is 1.76 bits per heavy atom. The highest BCUT2D eigenvalue weighted by molar-refractivity contribution is 6.07. The molecule has 0 aliphatic heterocycles. The topological polar surface area (TPSA) is 72.8 Å². The molecular weight excluding hydrogens is 442 g/mol. The first-order valence-electron chi connectivity index (χ1n) is 11.1. The van der Waals surface area contributed by atoms with E-state index in [1.165, 1.54) is 12.1 Å². The van der Waals surface area contributed by atoms with Crippen molar-refractivity contribution in [1.29, 1.82) is 0 Å². The van der Waals surface area contributed by atoms with Crippen molar-refractivity contribution in [3.05, 3.63) is 71.8 Å². The molecule has 2 atom stereocenters. The van der Waals surface area contributed by atoms with Crippen molar-refractivity contribution in [2.24, 2.45) is 17.3 Å². The molecule has 1 fully saturated rings. The standard InChI is InChI=1S/C27H26F2O5/c1-27(2,25(31)32)14-18-13-22(18)23(30)21-12-9-17-5-3-4-6-20(17)24(21)33-15-16-7-10-19(11-8-16)34-26(28)29/h3-12,18,22,26H,13-15H2,1-2H3,(H,31,32). The molecule has 0 spiro atoms. The van der Waals surface area contributed by atoms with E-state index in [-0.39, 0.29) is 30.0 Å². The van der Waals surface area contributed by atoms with Gasteiger partial charge in [0, 0.05) is 11.3 Å². The Bertz CT molecular complexity index is 1200. The van der Waals surface area contributed by atoms with Gasteiger partial charge in [-0.05, 0) is 61.8 Å². The second-order valence-corrected chi connectivity index (χ2v) is 9.33. The lowest BCUT2D eigenvalue weighted by atomic mass is 9.86. The number of ketones is 1. The van der Waals surface area contributed by atoms with Gasteiger partial charge < -0.3 is 14.6 Å². The summed E-state index contributed by atoms with van der Waals surface area (Å²) in [5.41, 5.74) is 0.320. The number of alkyl halides is 2. The van der Waals surface area contributed by atoms with Crippen molar-refractivity contribution >= 4 is 22.5 Å². The number of hydrogen-bond acceptors (Lipinski definition) is 4. The summed E-state index contributed by atoms with van der Waals surface area (Å²) >= 11 is 0. The maximum absolute atomic E-state index is 13.4. The Morgan fingerprint density at radius 3 is 2.44 bits per heavy atom. The van der Waals surface area contributed by atoms with Gasteiger partial charge in [0.15, 0.2) is 5.78 Å². The van der Waals surface area contributed by atoms with E-state index in [9.17, 15) is 23.5 Å². The second kappa shape index (κ2) is 9.41. The molecule has 34 heavy (non-hydrogen) atoms. The van der Waals surface area contributed by atoms with Gasteiger partial charge in [0.25, 0.3) is 0 Å². The van der Waals surface area contributed by atoms with Crippen LogP contribution in [0.15, 0.2) is 60.7 Å². The quantitative estimate of drug-likeness (QED) is 0.352. The van der Waals surface area contributed by atoms with Crippen molar-refractivity contribution in [3.63, 3.8) is 0 Å². The van der Waals surface area contributed by atoms with Gasteiger partial charge in [0.05, 0.1) is 11.0 Å². The molecule has 1 aliphatic rings. The molecule has 3 aromatic carbocycles. The SMILES string of the molecule is CC(C)(CC1CC1C(=O)c1ccc2ccccc2c1OCc1ccc(OC(F)F)cc1)C(=O)O. The van der Waals surface area contributed by atoms with Crippen LogP contribution in [-0.4, -0.2) is 23.5 Å². The van der Waals surface area contributed by atoms with Crippen LogP contribution >= 0.6 is 0 Å². The fourth-order valence-corrected chi connectivity index (χ4v) is 4.25.